The Morgan fingerprint density at radius 3 is 2.90 bits per heavy atom. The number of aryl methyl sites for hydroxylation is 1. The van der Waals surface area contributed by atoms with Crippen LogP contribution in [0.5, 0.6) is 0 Å². The predicted molar refractivity (Wildman–Crippen MR) is 111 cm³/mol. The van der Waals surface area contributed by atoms with Gasteiger partial charge in [0.1, 0.15) is 18.1 Å². The third-order valence-corrected chi connectivity index (χ3v) is 5.63. The molecule has 29 heavy (non-hydrogen) atoms. The smallest absolute Gasteiger partial charge is 0.242 e. The monoisotopic (exact) mass is 410 g/mol. The summed E-state index contributed by atoms with van der Waals surface area (Å²) in [6.07, 6.45) is 1.85. The van der Waals surface area contributed by atoms with Gasteiger partial charge in [0.15, 0.2) is 0 Å². The third-order valence-electron chi connectivity index (χ3n) is 4.66. The number of anilines is 1. The largest absolute Gasteiger partial charge is 0.467 e. The van der Waals surface area contributed by atoms with Crippen LogP contribution in [0.2, 0.25) is 0 Å². The number of carbonyl (C=O) groups excluding carboxylic acids is 2. The molecule has 3 aromatic rings. The van der Waals surface area contributed by atoms with Gasteiger partial charge in [-0.05, 0) is 24.6 Å². The van der Waals surface area contributed by atoms with Crippen LogP contribution in [0.3, 0.4) is 0 Å². The van der Waals surface area contributed by atoms with E-state index in [4.69, 9.17) is 4.42 Å². The highest BCUT2D eigenvalue weighted by atomic mass is 32.2. The van der Waals surface area contributed by atoms with Crippen LogP contribution in [0.25, 0.3) is 0 Å². The van der Waals surface area contributed by atoms with Crippen LogP contribution in [-0.4, -0.2) is 21.6 Å². The fourth-order valence-corrected chi connectivity index (χ4v) is 4.33. The zero-order valence-electron chi connectivity index (χ0n) is 16.1. The molecule has 0 fully saturated rings. The Balaban J connectivity index is 1.44. The van der Waals surface area contributed by atoms with Crippen LogP contribution in [-0.2, 0) is 40.6 Å². The van der Waals surface area contributed by atoms with Crippen molar-refractivity contribution in [1.29, 1.82) is 0 Å². The molecule has 0 radical (unpaired) electrons. The van der Waals surface area contributed by atoms with Crippen molar-refractivity contribution < 1.29 is 14.0 Å². The Labute approximate surface area is 172 Å². The van der Waals surface area contributed by atoms with E-state index in [1.807, 2.05) is 31.2 Å². The highest BCUT2D eigenvalue weighted by molar-refractivity contribution is 7.98. The molecule has 2 amide bonds. The van der Waals surface area contributed by atoms with E-state index in [1.165, 1.54) is 0 Å². The molecule has 7 nitrogen and oxygen atoms in total. The summed E-state index contributed by atoms with van der Waals surface area (Å²) in [6, 6.07) is 11.5. The van der Waals surface area contributed by atoms with E-state index in [1.54, 1.807) is 34.8 Å². The molecule has 0 aliphatic carbocycles. The summed E-state index contributed by atoms with van der Waals surface area (Å²) in [5.74, 6) is 2.57. The first-order valence-corrected chi connectivity index (χ1v) is 10.5. The molecule has 150 valence electrons. The first kappa shape index (κ1) is 19.3. The Kier molecular flexibility index (Phi) is 5.71. The number of furan rings is 1. The summed E-state index contributed by atoms with van der Waals surface area (Å²) in [5, 5.41) is 10.3. The first-order valence-electron chi connectivity index (χ1n) is 9.39. The third kappa shape index (κ3) is 4.71. The van der Waals surface area contributed by atoms with Crippen LogP contribution in [0, 0.1) is 6.92 Å². The Morgan fingerprint density at radius 1 is 1.21 bits per heavy atom. The van der Waals surface area contributed by atoms with Crippen LogP contribution in [0.1, 0.15) is 28.1 Å². The van der Waals surface area contributed by atoms with Gasteiger partial charge in [-0.2, -0.15) is 16.9 Å². The molecular weight excluding hydrogens is 388 g/mol. The van der Waals surface area contributed by atoms with Crippen molar-refractivity contribution >= 4 is 29.4 Å². The van der Waals surface area contributed by atoms with Crippen LogP contribution >= 0.6 is 11.8 Å². The molecule has 8 heteroatoms. The van der Waals surface area contributed by atoms with Gasteiger partial charge < -0.3 is 15.1 Å². The van der Waals surface area contributed by atoms with Crippen molar-refractivity contribution in [2.45, 2.75) is 37.9 Å². The molecule has 0 bridgehead atoms. The molecule has 0 spiro atoms. The molecule has 1 aliphatic heterocycles. The van der Waals surface area contributed by atoms with Gasteiger partial charge in [0.05, 0.1) is 24.9 Å². The summed E-state index contributed by atoms with van der Waals surface area (Å²) in [4.78, 5) is 25.0. The Hall–Kier alpha value is -3.00. The number of aromatic nitrogens is 2. The van der Waals surface area contributed by atoms with Crippen molar-refractivity contribution in [3.05, 3.63) is 70.8 Å². The molecule has 1 aliphatic rings. The number of carbonyl (C=O) groups is 2. The normalized spacial score (nSPS) is 12.6. The molecule has 3 heterocycles. The van der Waals surface area contributed by atoms with E-state index in [9.17, 15) is 9.59 Å². The van der Waals surface area contributed by atoms with Crippen LogP contribution < -0.4 is 10.6 Å². The van der Waals surface area contributed by atoms with Crippen LogP contribution in [0.15, 0.2) is 47.1 Å². The number of nitrogens with one attached hydrogen (secondary N) is 2. The van der Waals surface area contributed by atoms with Crippen molar-refractivity contribution in [1.82, 2.24) is 15.1 Å². The van der Waals surface area contributed by atoms with Crippen molar-refractivity contribution in [3.63, 3.8) is 0 Å². The van der Waals surface area contributed by atoms with Gasteiger partial charge >= 0.3 is 0 Å². The molecular formula is C21H22N4O3S. The minimum atomic E-state index is -0.190. The average molecular weight is 410 g/mol. The number of fused-ring (bicyclic) bond motifs is 1. The zero-order valence-corrected chi connectivity index (χ0v) is 16.9. The number of rotatable bonds is 7. The van der Waals surface area contributed by atoms with Crippen molar-refractivity contribution in [3.8, 4) is 0 Å². The fraction of sp³-hybridized carbons (Fsp3) is 0.286. The van der Waals surface area contributed by atoms with E-state index in [-0.39, 0.29) is 24.8 Å². The molecule has 2 N–H and O–H groups in total. The minimum absolute atomic E-state index is 0.0401. The zero-order chi connectivity index (χ0) is 20.2. The molecule has 2 aromatic heterocycles. The second-order valence-corrected chi connectivity index (χ2v) is 7.98. The van der Waals surface area contributed by atoms with E-state index in [0.29, 0.717) is 18.1 Å². The molecule has 0 saturated heterocycles. The second-order valence-electron chi connectivity index (χ2n) is 6.99. The number of hydrogen-bond donors (Lipinski definition) is 2. The summed E-state index contributed by atoms with van der Waals surface area (Å²) in [6.45, 7) is 2.36. The highest BCUT2D eigenvalue weighted by Gasteiger charge is 2.25. The fourth-order valence-electron chi connectivity index (χ4n) is 3.29. The van der Waals surface area contributed by atoms with E-state index >= 15 is 0 Å². The van der Waals surface area contributed by atoms with Gasteiger partial charge in [-0.15, -0.1) is 0 Å². The number of benzene rings is 1. The van der Waals surface area contributed by atoms with Gasteiger partial charge in [0, 0.05) is 17.1 Å². The van der Waals surface area contributed by atoms with Gasteiger partial charge in [-0.25, -0.2) is 4.68 Å². The summed E-state index contributed by atoms with van der Waals surface area (Å²) in [5.41, 5.74) is 4.01. The lowest BCUT2D eigenvalue weighted by Crippen LogP contribution is -2.29. The number of hydrogen-bond acceptors (Lipinski definition) is 5. The number of amides is 2. The molecule has 0 saturated carbocycles. The molecule has 4 rings (SSSR count). The van der Waals surface area contributed by atoms with E-state index in [0.717, 1.165) is 33.9 Å². The topological polar surface area (TPSA) is 89.2 Å². The molecule has 0 unspecified atom stereocenters. The number of nitrogens with zero attached hydrogens (tertiary/aromatic N) is 2. The van der Waals surface area contributed by atoms with Gasteiger partial charge in [-0.1, -0.05) is 29.8 Å². The lowest BCUT2D eigenvalue weighted by Gasteiger charge is -2.11. The minimum Gasteiger partial charge on any atom is -0.467 e. The van der Waals surface area contributed by atoms with Gasteiger partial charge in [0.25, 0.3) is 0 Å². The Bertz CT molecular complexity index is 1030. The maximum Gasteiger partial charge on any atom is 0.242 e. The predicted octanol–water partition coefficient (Wildman–Crippen LogP) is 3.03. The standard InChI is InChI=1S/C21H22N4O3S/c1-14-4-2-5-15(8-14)9-19(26)23-21-17-12-29-13-18(17)24-25(21)11-20(27)22-10-16-6-3-7-28-16/h2-8H,9-13H2,1H3,(H,22,27)(H,23,26). The van der Waals surface area contributed by atoms with E-state index in [2.05, 4.69) is 15.7 Å². The lowest BCUT2D eigenvalue weighted by atomic mass is 10.1. The Morgan fingerprint density at radius 2 is 2.10 bits per heavy atom. The summed E-state index contributed by atoms with van der Waals surface area (Å²) < 4.78 is 6.82. The summed E-state index contributed by atoms with van der Waals surface area (Å²) in [7, 11) is 0. The number of thioether (sulfide) groups is 1. The first-order chi connectivity index (χ1) is 14.1. The second kappa shape index (κ2) is 8.57. The maximum absolute atomic E-state index is 12.6. The van der Waals surface area contributed by atoms with Crippen molar-refractivity contribution in [2.24, 2.45) is 0 Å². The van der Waals surface area contributed by atoms with Gasteiger partial charge in [0.2, 0.25) is 11.8 Å². The quantitative estimate of drug-likeness (QED) is 0.625. The van der Waals surface area contributed by atoms with Crippen LogP contribution in [0.4, 0.5) is 5.82 Å². The SMILES string of the molecule is Cc1cccc(CC(=O)Nc2c3c(nn2CC(=O)NCc2ccco2)CSC3)c1. The highest BCUT2D eigenvalue weighted by Crippen LogP contribution is 2.34. The van der Waals surface area contributed by atoms with E-state index < -0.39 is 0 Å². The molecule has 0 atom stereocenters. The maximum atomic E-state index is 12.6. The lowest BCUT2D eigenvalue weighted by molar-refractivity contribution is -0.122. The van der Waals surface area contributed by atoms with Crippen molar-refractivity contribution in [2.75, 3.05) is 5.32 Å². The summed E-state index contributed by atoms with van der Waals surface area (Å²) >= 11 is 1.75. The average Bonchev–Trinajstić information content (AvgIpc) is 3.40. The van der Waals surface area contributed by atoms with Gasteiger partial charge in [-0.3, -0.25) is 9.59 Å². The molecule has 1 aromatic carbocycles.